The van der Waals surface area contributed by atoms with E-state index in [0.717, 1.165) is 33.8 Å². The molecule has 0 amide bonds. The highest BCUT2D eigenvalue weighted by Crippen LogP contribution is 2.69. The Kier molecular flexibility index (Phi) is 7.85. The molecule has 3 heteroatoms. The van der Waals surface area contributed by atoms with Crippen molar-refractivity contribution in [1.82, 2.24) is 0 Å². The van der Waals surface area contributed by atoms with Crippen LogP contribution in [0.5, 0.6) is 0 Å². The summed E-state index contributed by atoms with van der Waals surface area (Å²) in [6.07, 6.45) is 6.95. The largest absolute Gasteiger partial charge is 0.456 e. The maximum Gasteiger partial charge on any atom is 0.179 e. The minimum atomic E-state index is -2.73. The van der Waals surface area contributed by atoms with Crippen molar-refractivity contribution in [2.24, 2.45) is 23.7 Å². The van der Waals surface area contributed by atoms with E-state index in [2.05, 4.69) is 205 Å². The zero-order valence-corrected chi connectivity index (χ0v) is 35.3. The number of rotatable bonds is 6. The molecule has 9 aromatic rings. The lowest BCUT2D eigenvalue weighted by Crippen LogP contribution is -2.74. The van der Waals surface area contributed by atoms with Gasteiger partial charge >= 0.3 is 0 Å². The molecule has 4 bridgehead atoms. The van der Waals surface area contributed by atoms with E-state index in [1.54, 1.807) is 11.1 Å². The Morgan fingerprint density at radius 3 is 1.43 bits per heavy atom. The van der Waals surface area contributed by atoms with Crippen molar-refractivity contribution in [3.8, 4) is 11.1 Å². The Labute approximate surface area is 359 Å². The smallest absolute Gasteiger partial charge is 0.179 e. The summed E-state index contributed by atoms with van der Waals surface area (Å²) in [4.78, 5) is 2.60. The van der Waals surface area contributed by atoms with Gasteiger partial charge < -0.3 is 9.32 Å². The fourth-order valence-corrected chi connectivity index (χ4v) is 18.3. The Hall–Kier alpha value is -6.42. The van der Waals surface area contributed by atoms with Gasteiger partial charge in [0.2, 0.25) is 0 Å². The summed E-state index contributed by atoms with van der Waals surface area (Å²) in [5.74, 6) is 3.23. The van der Waals surface area contributed by atoms with Crippen molar-refractivity contribution in [3.63, 3.8) is 0 Å². The maximum atomic E-state index is 6.68. The van der Waals surface area contributed by atoms with Gasteiger partial charge in [0, 0.05) is 21.8 Å². The number of para-hydroxylation sites is 3. The fraction of sp³-hybridized carbons (Fsp3) is 0.172. The first-order valence-corrected chi connectivity index (χ1v) is 24.4. The van der Waals surface area contributed by atoms with Gasteiger partial charge in [0.25, 0.3) is 0 Å². The van der Waals surface area contributed by atoms with Crippen LogP contribution in [0.25, 0.3) is 33.1 Å². The molecule has 5 aliphatic rings. The molecular formula is C58H47NOSi. The van der Waals surface area contributed by atoms with E-state index in [0.29, 0.717) is 11.8 Å². The van der Waals surface area contributed by atoms with Gasteiger partial charge in [-0.05, 0) is 130 Å². The Bertz CT molecular complexity index is 2940. The van der Waals surface area contributed by atoms with Crippen LogP contribution in [-0.4, -0.2) is 8.07 Å². The Morgan fingerprint density at radius 2 is 0.869 bits per heavy atom. The summed E-state index contributed by atoms with van der Waals surface area (Å²) in [6.45, 7) is 0. The third kappa shape index (κ3) is 5.02. The van der Waals surface area contributed by atoms with Gasteiger partial charge in [0.15, 0.2) is 8.07 Å². The molecule has 61 heavy (non-hydrogen) atoms. The summed E-state index contributed by atoms with van der Waals surface area (Å²) in [7, 11) is -2.73. The van der Waals surface area contributed by atoms with Gasteiger partial charge in [0.05, 0.1) is 17.1 Å². The first kappa shape index (κ1) is 35.3. The monoisotopic (exact) mass is 801 g/mol. The second-order valence-corrected chi connectivity index (χ2v) is 22.2. The molecule has 0 N–H and O–H groups in total. The average molecular weight is 802 g/mol. The first-order chi connectivity index (χ1) is 30.2. The number of hydrogen-bond acceptors (Lipinski definition) is 2. The fourth-order valence-electron chi connectivity index (χ4n) is 13.5. The first-order valence-electron chi connectivity index (χ1n) is 22.4. The number of benzene rings is 8. The van der Waals surface area contributed by atoms with Gasteiger partial charge in [-0.2, -0.15) is 0 Å². The minimum absolute atomic E-state index is 0.0795. The second kappa shape index (κ2) is 13.5. The van der Waals surface area contributed by atoms with E-state index in [1.807, 2.05) is 0 Å². The molecule has 2 heterocycles. The van der Waals surface area contributed by atoms with Crippen molar-refractivity contribution in [3.05, 3.63) is 211 Å². The predicted octanol–water partition coefficient (Wildman–Crippen LogP) is 12.2. The summed E-state index contributed by atoms with van der Waals surface area (Å²) in [5.41, 5.74) is 11.3. The summed E-state index contributed by atoms with van der Waals surface area (Å²) < 4.78 is 6.68. The van der Waals surface area contributed by atoms with Gasteiger partial charge in [-0.25, -0.2) is 0 Å². The molecule has 294 valence electrons. The van der Waals surface area contributed by atoms with Crippen LogP contribution in [-0.2, 0) is 5.41 Å². The molecule has 1 aromatic heterocycles. The van der Waals surface area contributed by atoms with Gasteiger partial charge in [-0.3, -0.25) is 0 Å². The van der Waals surface area contributed by atoms with Crippen LogP contribution in [0.1, 0.15) is 43.2 Å². The summed E-state index contributed by atoms with van der Waals surface area (Å²) >= 11 is 0. The topological polar surface area (TPSA) is 16.4 Å². The van der Waals surface area contributed by atoms with Crippen LogP contribution >= 0.6 is 0 Å². The van der Waals surface area contributed by atoms with Crippen molar-refractivity contribution >= 4 is 67.8 Å². The molecule has 0 radical (unpaired) electrons. The quantitative estimate of drug-likeness (QED) is 0.123. The molecule has 4 saturated carbocycles. The second-order valence-electron chi connectivity index (χ2n) is 18.4. The lowest BCUT2D eigenvalue weighted by atomic mass is 9.41. The van der Waals surface area contributed by atoms with Gasteiger partial charge in [-0.1, -0.05) is 164 Å². The van der Waals surface area contributed by atoms with Crippen molar-refractivity contribution in [2.45, 2.75) is 37.5 Å². The molecule has 0 saturated heterocycles. The molecule has 4 fully saturated rings. The zero-order chi connectivity index (χ0) is 40.1. The third-order valence-electron chi connectivity index (χ3n) is 15.6. The van der Waals surface area contributed by atoms with Crippen LogP contribution in [0.15, 0.2) is 205 Å². The Morgan fingerprint density at radius 1 is 0.410 bits per heavy atom. The van der Waals surface area contributed by atoms with E-state index in [1.165, 1.54) is 81.0 Å². The van der Waals surface area contributed by atoms with Crippen LogP contribution < -0.4 is 25.6 Å². The van der Waals surface area contributed by atoms with E-state index in [4.69, 9.17) is 4.42 Å². The van der Waals surface area contributed by atoms with Crippen molar-refractivity contribution in [2.75, 3.05) is 4.90 Å². The number of hydrogen-bond donors (Lipinski definition) is 0. The number of fused-ring (bicyclic) bond motifs is 5. The molecule has 0 atom stereocenters. The molecule has 1 spiro atoms. The zero-order valence-electron chi connectivity index (χ0n) is 34.3. The SMILES string of the molecule is c1ccc([Si](c2ccccc2)(c2ccccc2)c2ccc3oc4ccc(-c5ccccc5N5c6ccccc6C6(c7ccccc75)C5CC7C[C@H](C5)C[C@H]6C7)cc4c3c2)cc1. The number of furan rings is 1. The Balaban J connectivity index is 0.995. The van der Waals surface area contributed by atoms with Gasteiger partial charge in [-0.15, -0.1) is 0 Å². The summed E-state index contributed by atoms with van der Waals surface area (Å²) in [5, 5.41) is 7.75. The van der Waals surface area contributed by atoms with Crippen molar-refractivity contribution < 1.29 is 4.42 Å². The molecule has 2 nitrogen and oxygen atoms in total. The molecule has 1 aliphatic heterocycles. The maximum absolute atomic E-state index is 6.68. The van der Waals surface area contributed by atoms with Crippen molar-refractivity contribution in [1.29, 1.82) is 0 Å². The molecule has 4 aliphatic carbocycles. The number of nitrogens with zero attached hydrogens (tertiary/aromatic N) is 1. The van der Waals surface area contributed by atoms with Crippen LogP contribution in [0.4, 0.5) is 17.1 Å². The molecular weight excluding hydrogens is 755 g/mol. The lowest BCUT2D eigenvalue weighted by Gasteiger charge is -2.64. The van der Waals surface area contributed by atoms with Crippen LogP contribution in [0.3, 0.4) is 0 Å². The molecule has 14 rings (SSSR count). The standard InChI is InChI=1S/C58H47NOSi/c1-4-16-44(17-5-1)61(45-18-6-2-7-19-45,46-20-8-3-9-21-46)47-29-31-57-50(38-47)49-37-41(28-30-56(49)60-57)48-22-10-13-25-53(48)59-54-26-14-11-23-51(54)58(52-24-12-15-27-55(52)59)42-33-39-32-40(35-42)36-43(58)34-39/h1-31,37-40,42-43H,32-36H2/t39-,40?,42-,43?/m0/s1. The van der Waals surface area contributed by atoms with Gasteiger partial charge in [0.1, 0.15) is 11.2 Å². The highest BCUT2D eigenvalue weighted by molar-refractivity contribution is 7.20. The average Bonchev–Trinajstić information content (AvgIpc) is 3.69. The van der Waals surface area contributed by atoms with E-state index < -0.39 is 8.07 Å². The normalized spacial score (nSPS) is 20.9. The van der Waals surface area contributed by atoms with E-state index in [-0.39, 0.29) is 5.41 Å². The van der Waals surface area contributed by atoms with Crippen LogP contribution in [0, 0.1) is 23.7 Å². The molecule has 0 unspecified atom stereocenters. The predicted molar refractivity (Wildman–Crippen MR) is 255 cm³/mol. The minimum Gasteiger partial charge on any atom is -0.456 e. The lowest BCUT2D eigenvalue weighted by molar-refractivity contribution is -0.0419. The van der Waals surface area contributed by atoms with Crippen LogP contribution in [0.2, 0.25) is 0 Å². The number of anilines is 3. The highest BCUT2D eigenvalue weighted by atomic mass is 28.3. The van der Waals surface area contributed by atoms with E-state index >= 15 is 0 Å². The highest BCUT2D eigenvalue weighted by Gasteiger charge is 2.61. The third-order valence-corrected chi connectivity index (χ3v) is 20.4. The van der Waals surface area contributed by atoms with E-state index in [9.17, 15) is 0 Å². The molecule has 8 aromatic carbocycles. The summed E-state index contributed by atoms with van der Waals surface area (Å²) in [6, 6.07) is 75.5.